The van der Waals surface area contributed by atoms with Crippen molar-refractivity contribution in [3.05, 3.63) is 24.6 Å². The average molecular weight is 176 g/mol. The molecule has 0 amide bonds. The molecule has 1 N–H and O–H groups in total. The molecule has 1 heterocycles. The second-order valence-electron chi connectivity index (χ2n) is 2.96. The normalized spacial score (nSPS) is 10.5. The molecule has 2 aromatic rings. The van der Waals surface area contributed by atoms with E-state index in [9.17, 15) is 0 Å². The van der Waals surface area contributed by atoms with Crippen LogP contribution in [0.1, 0.15) is 13.3 Å². The maximum Gasteiger partial charge on any atom is 0.181 e. The lowest BCUT2D eigenvalue weighted by Gasteiger charge is -2.02. The number of hydrogen-bond acceptors (Lipinski definition) is 3. The van der Waals surface area contributed by atoms with Crippen molar-refractivity contribution in [2.24, 2.45) is 0 Å². The van der Waals surface area contributed by atoms with Crippen LogP contribution in [0.15, 0.2) is 29.0 Å². The van der Waals surface area contributed by atoms with Gasteiger partial charge in [-0.3, -0.25) is 0 Å². The van der Waals surface area contributed by atoms with Crippen molar-refractivity contribution in [1.29, 1.82) is 0 Å². The Bertz CT molecular complexity index is 394. The Labute approximate surface area is 76.8 Å². The van der Waals surface area contributed by atoms with Crippen molar-refractivity contribution in [3.8, 4) is 0 Å². The van der Waals surface area contributed by atoms with Gasteiger partial charge in [0.2, 0.25) is 0 Å². The highest BCUT2D eigenvalue weighted by molar-refractivity contribution is 5.76. The smallest absolute Gasteiger partial charge is 0.181 e. The van der Waals surface area contributed by atoms with Gasteiger partial charge in [0.25, 0.3) is 0 Å². The molecule has 1 aromatic heterocycles. The second-order valence-corrected chi connectivity index (χ2v) is 2.96. The first-order valence-corrected chi connectivity index (χ1v) is 4.47. The number of benzene rings is 1. The van der Waals surface area contributed by atoms with Gasteiger partial charge in [-0.25, -0.2) is 4.98 Å². The van der Waals surface area contributed by atoms with E-state index in [1.807, 2.05) is 18.2 Å². The van der Waals surface area contributed by atoms with E-state index in [2.05, 4.69) is 17.2 Å². The number of aromatic nitrogens is 1. The Morgan fingerprint density at radius 2 is 2.38 bits per heavy atom. The van der Waals surface area contributed by atoms with Crippen LogP contribution in [0.5, 0.6) is 0 Å². The zero-order valence-corrected chi connectivity index (χ0v) is 7.58. The van der Waals surface area contributed by atoms with Gasteiger partial charge in [0.1, 0.15) is 5.52 Å². The predicted octanol–water partition coefficient (Wildman–Crippen LogP) is 2.65. The van der Waals surface area contributed by atoms with Gasteiger partial charge in [-0.15, -0.1) is 0 Å². The minimum Gasteiger partial charge on any atom is -0.443 e. The molecule has 13 heavy (non-hydrogen) atoms. The summed E-state index contributed by atoms with van der Waals surface area (Å²) in [5.41, 5.74) is 2.83. The molecule has 3 heteroatoms. The van der Waals surface area contributed by atoms with Crippen LogP contribution in [0.2, 0.25) is 0 Å². The molecule has 68 valence electrons. The standard InChI is InChI=1S/C10H12N2O/c1-2-5-11-8-3-4-9-10(6-8)13-7-12-9/h3-4,6-7,11H,2,5H2,1H3. The van der Waals surface area contributed by atoms with E-state index in [0.717, 1.165) is 29.8 Å². The van der Waals surface area contributed by atoms with Gasteiger partial charge in [0, 0.05) is 18.3 Å². The van der Waals surface area contributed by atoms with Crippen LogP contribution in [-0.4, -0.2) is 11.5 Å². The number of fused-ring (bicyclic) bond motifs is 1. The molecular weight excluding hydrogens is 164 g/mol. The summed E-state index contributed by atoms with van der Waals surface area (Å²) >= 11 is 0. The van der Waals surface area contributed by atoms with Crippen LogP contribution in [0.4, 0.5) is 5.69 Å². The van der Waals surface area contributed by atoms with Crippen LogP contribution < -0.4 is 5.32 Å². The summed E-state index contributed by atoms with van der Waals surface area (Å²) in [6, 6.07) is 5.94. The minimum absolute atomic E-state index is 0.834. The maximum atomic E-state index is 5.19. The van der Waals surface area contributed by atoms with E-state index in [0.29, 0.717) is 0 Å². The third-order valence-corrected chi connectivity index (χ3v) is 1.91. The third kappa shape index (κ3) is 1.64. The van der Waals surface area contributed by atoms with Gasteiger partial charge >= 0.3 is 0 Å². The van der Waals surface area contributed by atoms with Crippen LogP contribution in [0, 0.1) is 0 Å². The lowest BCUT2D eigenvalue weighted by Crippen LogP contribution is -1.98. The molecule has 0 atom stereocenters. The summed E-state index contributed by atoms with van der Waals surface area (Å²) in [5.74, 6) is 0. The van der Waals surface area contributed by atoms with Crippen LogP contribution in [0.3, 0.4) is 0 Å². The van der Waals surface area contributed by atoms with Gasteiger partial charge in [0.05, 0.1) is 0 Å². The Balaban J connectivity index is 2.26. The van der Waals surface area contributed by atoms with Gasteiger partial charge < -0.3 is 9.73 Å². The van der Waals surface area contributed by atoms with Crippen molar-refractivity contribution < 1.29 is 4.42 Å². The SMILES string of the molecule is CCCNc1ccc2ncoc2c1. The largest absolute Gasteiger partial charge is 0.443 e. The molecule has 0 unspecified atom stereocenters. The molecule has 2 rings (SSSR count). The van der Waals surface area contributed by atoms with E-state index in [4.69, 9.17) is 4.42 Å². The highest BCUT2D eigenvalue weighted by Gasteiger charge is 1.98. The average Bonchev–Trinajstić information content (AvgIpc) is 2.61. The molecule has 0 aliphatic heterocycles. The van der Waals surface area contributed by atoms with Crippen molar-refractivity contribution >= 4 is 16.8 Å². The Morgan fingerprint density at radius 3 is 3.23 bits per heavy atom. The van der Waals surface area contributed by atoms with Crippen molar-refractivity contribution in [2.45, 2.75) is 13.3 Å². The first-order chi connectivity index (χ1) is 6.40. The first-order valence-electron chi connectivity index (χ1n) is 4.47. The lowest BCUT2D eigenvalue weighted by molar-refractivity contribution is 0.602. The summed E-state index contributed by atoms with van der Waals surface area (Å²) in [6.45, 7) is 3.12. The topological polar surface area (TPSA) is 38.1 Å². The number of anilines is 1. The summed E-state index contributed by atoms with van der Waals surface area (Å²) in [5, 5.41) is 3.29. The summed E-state index contributed by atoms with van der Waals surface area (Å²) < 4.78 is 5.19. The summed E-state index contributed by atoms with van der Waals surface area (Å²) in [4.78, 5) is 4.05. The highest BCUT2D eigenvalue weighted by atomic mass is 16.3. The van der Waals surface area contributed by atoms with E-state index < -0.39 is 0 Å². The quantitative estimate of drug-likeness (QED) is 0.781. The van der Waals surface area contributed by atoms with Crippen LogP contribution in [-0.2, 0) is 0 Å². The molecule has 0 saturated heterocycles. The number of nitrogens with one attached hydrogen (secondary N) is 1. The van der Waals surface area contributed by atoms with Crippen LogP contribution in [0.25, 0.3) is 11.1 Å². The molecule has 3 nitrogen and oxygen atoms in total. The Kier molecular flexibility index (Phi) is 2.17. The lowest BCUT2D eigenvalue weighted by atomic mass is 10.3. The van der Waals surface area contributed by atoms with Crippen molar-refractivity contribution in [1.82, 2.24) is 4.98 Å². The zero-order chi connectivity index (χ0) is 9.10. The first kappa shape index (κ1) is 8.10. The van der Waals surface area contributed by atoms with E-state index in [-0.39, 0.29) is 0 Å². The molecule has 1 aromatic carbocycles. The number of rotatable bonds is 3. The fourth-order valence-corrected chi connectivity index (χ4v) is 1.23. The van der Waals surface area contributed by atoms with E-state index >= 15 is 0 Å². The highest BCUT2D eigenvalue weighted by Crippen LogP contribution is 2.17. The van der Waals surface area contributed by atoms with Crippen LogP contribution >= 0.6 is 0 Å². The molecule has 0 fully saturated rings. The molecular formula is C10H12N2O. The van der Waals surface area contributed by atoms with Gasteiger partial charge in [-0.2, -0.15) is 0 Å². The fourth-order valence-electron chi connectivity index (χ4n) is 1.23. The van der Waals surface area contributed by atoms with E-state index in [1.54, 1.807) is 0 Å². The molecule has 0 saturated carbocycles. The Morgan fingerprint density at radius 1 is 1.46 bits per heavy atom. The van der Waals surface area contributed by atoms with E-state index in [1.165, 1.54) is 6.39 Å². The van der Waals surface area contributed by atoms with Crippen molar-refractivity contribution in [3.63, 3.8) is 0 Å². The van der Waals surface area contributed by atoms with Gasteiger partial charge in [-0.05, 0) is 18.6 Å². The van der Waals surface area contributed by atoms with Gasteiger partial charge in [-0.1, -0.05) is 6.92 Å². The molecule has 0 bridgehead atoms. The predicted molar refractivity (Wildman–Crippen MR) is 52.8 cm³/mol. The zero-order valence-electron chi connectivity index (χ0n) is 7.58. The summed E-state index contributed by atoms with van der Waals surface area (Å²) in [7, 11) is 0. The molecule has 0 aliphatic carbocycles. The number of oxazole rings is 1. The molecule has 0 spiro atoms. The van der Waals surface area contributed by atoms with Gasteiger partial charge in [0.15, 0.2) is 12.0 Å². The Hall–Kier alpha value is -1.51. The fraction of sp³-hybridized carbons (Fsp3) is 0.300. The third-order valence-electron chi connectivity index (χ3n) is 1.91. The molecule has 0 radical (unpaired) electrons. The molecule has 0 aliphatic rings. The minimum atomic E-state index is 0.834. The van der Waals surface area contributed by atoms with Crippen molar-refractivity contribution in [2.75, 3.05) is 11.9 Å². The maximum absolute atomic E-state index is 5.19. The second kappa shape index (κ2) is 3.47. The summed E-state index contributed by atoms with van der Waals surface area (Å²) in [6.07, 6.45) is 2.59. The monoisotopic (exact) mass is 176 g/mol. The number of hydrogen-bond donors (Lipinski definition) is 1. The number of nitrogens with zero attached hydrogens (tertiary/aromatic N) is 1.